The van der Waals surface area contributed by atoms with Crippen molar-refractivity contribution >= 4 is 7.60 Å². The van der Waals surface area contributed by atoms with Crippen LogP contribution < -0.4 is 9.47 Å². The van der Waals surface area contributed by atoms with Gasteiger partial charge in [-0.2, -0.15) is 10.5 Å². The summed E-state index contributed by atoms with van der Waals surface area (Å²) in [4.78, 5) is 0. The Morgan fingerprint density at radius 1 is 1.22 bits per heavy atom. The van der Waals surface area contributed by atoms with E-state index in [0.717, 1.165) is 0 Å². The van der Waals surface area contributed by atoms with Gasteiger partial charge < -0.3 is 23.3 Å². The third kappa shape index (κ3) is 5.22. The first kappa shape index (κ1) is 21.2. The minimum absolute atomic E-state index is 0.0832. The van der Waals surface area contributed by atoms with E-state index in [-0.39, 0.29) is 19.3 Å². The molecule has 1 fully saturated rings. The summed E-state index contributed by atoms with van der Waals surface area (Å²) in [5.41, 5.74) is -0.623. The highest BCUT2D eigenvalue weighted by molar-refractivity contribution is 7.54. The molecule has 2 unspecified atom stereocenters. The molecule has 9 heteroatoms. The van der Waals surface area contributed by atoms with E-state index in [1.165, 1.54) is 7.11 Å². The van der Waals surface area contributed by atoms with Crippen LogP contribution in [0.5, 0.6) is 11.5 Å². The van der Waals surface area contributed by atoms with Gasteiger partial charge in [0.1, 0.15) is 18.4 Å². The highest BCUT2D eigenvalue weighted by atomic mass is 31.2. The summed E-state index contributed by atoms with van der Waals surface area (Å²) < 4.78 is 40.3. The molecule has 1 aliphatic rings. The Kier molecular flexibility index (Phi) is 7.65. The third-order valence-corrected chi connectivity index (χ3v) is 6.42. The van der Waals surface area contributed by atoms with Gasteiger partial charge in [0.2, 0.25) is 0 Å². The molecule has 2 atom stereocenters. The maximum atomic E-state index is 13.3. The molecule has 1 aliphatic heterocycles. The fraction of sp³-hybridized carbons (Fsp3) is 0.556. The summed E-state index contributed by atoms with van der Waals surface area (Å²) in [6.45, 7) is 4.66. The number of ether oxygens (including phenoxy) is 3. The van der Waals surface area contributed by atoms with Gasteiger partial charge >= 0.3 is 7.60 Å². The first-order chi connectivity index (χ1) is 13.0. The fourth-order valence-corrected chi connectivity index (χ4v) is 4.76. The Balaban J connectivity index is 2.43. The van der Waals surface area contributed by atoms with Crippen LogP contribution in [-0.2, 0) is 18.3 Å². The van der Waals surface area contributed by atoms with E-state index in [1.54, 1.807) is 32.0 Å². The second-order valence-corrected chi connectivity index (χ2v) is 7.89. The predicted octanol–water partition coefficient (Wildman–Crippen LogP) is 3.44. The molecule has 27 heavy (non-hydrogen) atoms. The highest BCUT2D eigenvalue weighted by Gasteiger charge is 2.43. The summed E-state index contributed by atoms with van der Waals surface area (Å²) in [6.07, 6.45) is 0.0832. The van der Waals surface area contributed by atoms with Crippen LogP contribution in [0.1, 0.15) is 25.1 Å². The van der Waals surface area contributed by atoms with Crippen molar-refractivity contribution in [3.8, 4) is 23.6 Å². The van der Waals surface area contributed by atoms with Crippen molar-refractivity contribution in [2.75, 3.05) is 33.5 Å². The van der Waals surface area contributed by atoms with Gasteiger partial charge in [0.15, 0.2) is 17.4 Å². The van der Waals surface area contributed by atoms with Crippen LogP contribution >= 0.6 is 7.60 Å². The van der Waals surface area contributed by atoms with E-state index >= 15 is 0 Å². The Labute approximate surface area is 159 Å². The number of methoxy groups -OCH3 is 1. The van der Waals surface area contributed by atoms with Gasteiger partial charge in [-0.25, -0.2) is 0 Å². The van der Waals surface area contributed by atoms with Crippen LogP contribution in [-0.4, -0.2) is 39.6 Å². The number of epoxide rings is 1. The molecule has 1 aromatic carbocycles. The van der Waals surface area contributed by atoms with Crippen LogP contribution in [0.25, 0.3) is 0 Å². The number of nitrogens with zero attached hydrogens (tertiary/aromatic N) is 2. The maximum absolute atomic E-state index is 13.3. The number of rotatable bonds is 11. The Morgan fingerprint density at radius 3 is 2.33 bits per heavy atom. The van der Waals surface area contributed by atoms with Crippen LogP contribution in [0.3, 0.4) is 0 Å². The molecule has 0 N–H and O–H groups in total. The topological polar surface area (TPSA) is 114 Å². The van der Waals surface area contributed by atoms with Crippen molar-refractivity contribution in [2.45, 2.75) is 25.6 Å². The number of nitriles is 2. The lowest BCUT2D eigenvalue weighted by Gasteiger charge is -2.27. The Hall–Kier alpha value is -2.09. The molecular formula is C18H23N2O6P. The van der Waals surface area contributed by atoms with Crippen molar-refractivity contribution in [1.82, 2.24) is 0 Å². The maximum Gasteiger partial charge on any atom is 0.340 e. The van der Waals surface area contributed by atoms with Gasteiger partial charge in [-0.3, -0.25) is 4.57 Å². The second kappa shape index (κ2) is 9.73. The Morgan fingerprint density at radius 2 is 1.85 bits per heavy atom. The average Bonchev–Trinajstić information content (AvgIpc) is 3.49. The van der Waals surface area contributed by atoms with Gasteiger partial charge in [0.25, 0.3) is 0 Å². The van der Waals surface area contributed by atoms with E-state index < -0.39 is 19.2 Å². The van der Waals surface area contributed by atoms with Crippen LogP contribution in [0.4, 0.5) is 0 Å². The van der Waals surface area contributed by atoms with Gasteiger partial charge in [0.05, 0.1) is 39.1 Å². The second-order valence-electron chi connectivity index (χ2n) is 5.73. The highest BCUT2D eigenvalue weighted by Crippen LogP contribution is 2.64. The molecule has 1 heterocycles. The number of hydrogen-bond acceptors (Lipinski definition) is 8. The van der Waals surface area contributed by atoms with Gasteiger partial charge in [-0.1, -0.05) is 6.07 Å². The zero-order valence-corrected chi connectivity index (χ0v) is 16.5. The van der Waals surface area contributed by atoms with Crippen molar-refractivity contribution in [3.05, 3.63) is 23.8 Å². The van der Waals surface area contributed by atoms with Crippen LogP contribution in [0.15, 0.2) is 18.2 Å². The van der Waals surface area contributed by atoms with Gasteiger partial charge in [0, 0.05) is 0 Å². The Bertz CT molecular complexity index is 744. The zero-order valence-electron chi connectivity index (χ0n) is 15.6. The minimum atomic E-state index is -3.77. The molecule has 1 saturated heterocycles. The summed E-state index contributed by atoms with van der Waals surface area (Å²) in [7, 11) is -2.29. The third-order valence-electron chi connectivity index (χ3n) is 3.91. The van der Waals surface area contributed by atoms with Crippen molar-refractivity contribution in [1.29, 1.82) is 10.5 Å². The van der Waals surface area contributed by atoms with E-state index in [1.807, 2.05) is 12.1 Å². The summed E-state index contributed by atoms with van der Waals surface area (Å²) in [5.74, 6) is -0.332. The molecule has 1 aromatic rings. The summed E-state index contributed by atoms with van der Waals surface area (Å²) >= 11 is 0. The van der Waals surface area contributed by atoms with E-state index in [9.17, 15) is 15.1 Å². The predicted molar refractivity (Wildman–Crippen MR) is 96.5 cm³/mol. The molecule has 0 bridgehead atoms. The lowest BCUT2D eigenvalue weighted by Crippen LogP contribution is -2.15. The molecule has 0 amide bonds. The SMILES string of the molecule is CCOP(=O)(OCC)C(c1ccc(OCC2CO2)c(OC)c1)C(C#N)C#N. The molecule has 146 valence electrons. The number of hydrogen-bond donors (Lipinski definition) is 0. The first-order valence-electron chi connectivity index (χ1n) is 8.63. The van der Waals surface area contributed by atoms with Gasteiger partial charge in [-0.15, -0.1) is 0 Å². The minimum Gasteiger partial charge on any atom is -0.493 e. The van der Waals surface area contributed by atoms with E-state index in [2.05, 4.69) is 0 Å². The normalized spacial score (nSPS) is 17.0. The lowest BCUT2D eigenvalue weighted by molar-refractivity contribution is 0.209. The molecule has 0 aliphatic carbocycles. The molecular weight excluding hydrogens is 371 g/mol. The summed E-state index contributed by atoms with van der Waals surface area (Å²) in [5, 5.41) is 18.8. The van der Waals surface area contributed by atoms with E-state index in [0.29, 0.717) is 30.3 Å². The van der Waals surface area contributed by atoms with Crippen molar-refractivity contribution in [3.63, 3.8) is 0 Å². The molecule has 0 aromatic heterocycles. The number of benzene rings is 1. The molecule has 2 rings (SSSR count). The molecule has 0 spiro atoms. The van der Waals surface area contributed by atoms with Gasteiger partial charge in [-0.05, 0) is 31.5 Å². The molecule has 0 saturated carbocycles. The fourth-order valence-electron chi connectivity index (χ4n) is 2.62. The average molecular weight is 394 g/mol. The van der Waals surface area contributed by atoms with Crippen molar-refractivity contribution in [2.24, 2.45) is 5.92 Å². The van der Waals surface area contributed by atoms with Crippen LogP contribution in [0, 0.1) is 28.6 Å². The first-order valence-corrected chi connectivity index (χ1v) is 10.2. The smallest absolute Gasteiger partial charge is 0.340 e. The largest absolute Gasteiger partial charge is 0.493 e. The molecule has 0 radical (unpaired) electrons. The quantitative estimate of drug-likeness (QED) is 0.414. The lowest BCUT2D eigenvalue weighted by atomic mass is 10.0. The van der Waals surface area contributed by atoms with Crippen molar-refractivity contribution < 1.29 is 27.8 Å². The van der Waals surface area contributed by atoms with E-state index in [4.69, 9.17) is 23.3 Å². The summed E-state index contributed by atoms with van der Waals surface area (Å²) in [6, 6.07) is 8.67. The molecule has 8 nitrogen and oxygen atoms in total. The standard InChI is InChI=1S/C18H23N2O6P/c1-4-25-27(21,26-5-2)18(14(9-19)10-20)13-6-7-16(17(8-13)22-3)24-12-15-11-23-15/h6-8,14-15,18H,4-5,11-12H2,1-3H3. The monoisotopic (exact) mass is 394 g/mol. The van der Waals surface area contributed by atoms with Crippen LogP contribution in [0.2, 0.25) is 0 Å². The zero-order chi connectivity index (χ0) is 19.9.